The number of nitrogens with zero attached hydrogens (tertiary/aromatic N) is 2. The molecule has 3 heterocycles. The van der Waals surface area contributed by atoms with Gasteiger partial charge in [0.05, 0.1) is 6.61 Å². The number of hydrogen-bond donors (Lipinski definition) is 2. The van der Waals surface area contributed by atoms with Crippen LogP contribution in [0.4, 0.5) is 17.4 Å². The summed E-state index contributed by atoms with van der Waals surface area (Å²) in [4.78, 5) is 21.0. The summed E-state index contributed by atoms with van der Waals surface area (Å²) in [5.74, 6) is 0.272. The number of aromatic hydroxyl groups is 1. The van der Waals surface area contributed by atoms with Crippen molar-refractivity contribution in [2.75, 3.05) is 11.9 Å². The number of rotatable bonds is 6. The van der Waals surface area contributed by atoms with Gasteiger partial charge in [0, 0.05) is 29.2 Å². The van der Waals surface area contributed by atoms with Gasteiger partial charge >= 0.3 is 5.97 Å². The summed E-state index contributed by atoms with van der Waals surface area (Å²) in [7, 11) is 0. The maximum absolute atomic E-state index is 12.5. The second kappa shape index (κ2) is 8.47. The first-order chi connectivity index (χ1) is 15.0. The lowest BCUT2D eigenvalue weighted by Crippen LogP contribution is -2.06. The highest BCUT2D eigenvalue weighted by Gasteiger charge is 2.27. The molecule has 7 nitrogen and oxygen atoms in total. The van der Waals surface area contributed by atoms with E-state index in [1.54, 1.807) is 31.5 Å². The third-order valence-electron chi connectivity index (χ3n) is 4.93. The van der Waals surface area contributed by atoms with Crippen LogP contribution in [-0.4, -0.2) is 28.9 Å². The number of carbonyl (C=O) groups is 1. The molecule has 2 aromatic heterocycles. The predicted molar refractivity (Wildman–Crippen MR) is 120 cm³/mol. The van der Waals surface area contributed by atoms with Gasteiger partial charge in [0.15, 0.2) is 22.9 Å². The number of esters is 1. The number of aliphatic imine (C=N–C) groups is 1. The van der Waals surface area contributed by atoms with Gasteiger partial charge in [-0.3, -0.25) is 0 Å². The standard InChI is InChI=1S/C24H23N3O4/c1-4-30-24(29)20-21(28)19(12-16-13-26-22-18(16)6-5-11-25-22)31-23(20)27-17-9-7-15(8-10-17)14(2)3/h5-14,27-28H,4H2,1-3H3. The zero-order chi connectivity index (χ0) is 22.0. The Morgan fingerprint density at radius 2 is 2.03 bits per heavy atom. The van der Waals surface area contributed by atoms with Crippen molar-refractivity contribution < 1.29 is 19.1 Å². The SMILES string of the molecule is CCOC(=O)c1c(Nc2ccc(C(C)C)cc2)oc(C=C2C=Nc3ncccc32)c1O. The van der Waals surface area contributed by atoms with Crippen molar-refractivity contribution in [1.29, 1.82) is 0 Å². The summed E-state index contributed by atoms with van der Waals surface area (Å²) in [6.45, 7) is 6.11. The predicted octanol–water partition coefficient (Wildman–Crippen LogP) is 5.68. The van der Waals surface area contributed by atoms with E-state index in [9.17, 15) is 9.90 Å². The molecule has 2 N–H and O–H groups in total. The van der Waals surface area contributed by atoms with E-state index >= 15 is 0 Å². The van der Waals surface area contributed by atoms with Crippen LogP contribution in [-0.2, 0) is 4.74 Å². The van der Waals surface area contributed by atoms with Gasteiger partial charge in [-0.2, -0.15) is 0 Å². The highest BCUT2D eigenvalue weighted by atomic mass is 16.5. The minimum Gasteiger partial charge on any atom is -0.504 e. The molecule has 3 aromatic rings. The minimum absolute atomic E-state index is 0.0528. The Morgan fingerprint density at radius 3 is 2.74 bits per heavy atom. The molecule has 0 bridgehead atoms. The van der Waals surface area contributed by atoms with Gasteiger partial charge in [-0.25, -0.2) is 14.8 Å². The van der Waals surface area contributed by atoms with Crippen LogP contribution in [0.1, 0.15) is 53.9 Å². The Morgan fingerprint density at radius 1 is 1.26 bits per heavy atom. The summed E-state index contributed by atoms with van der Waals surface area (Å²) in [5, 5.41) is 13.9. The molecule has 31 heavy (non-hydrogen) atoms. The van der Waals surface area contributed by atoms with Crippen molar-refractivity contribution in [3.63, 3.8) is 0 Å². The van der Waals surface area contributed by atoms with Crippen LogP contribution >= 0.6 is 0 Å². The zero-order valence-electron chi connectivity index (χ0n) is 17.5. The number of anilines is 2. The molecule has 1 aliphatic rings. The van der Waals surface area contributed by atoms with E-state index in [1.165, 1.54) is 5.56 Å². The maximum Gasteiger partial charge on any atom is 0.347 e. The van der Waals surface area contributed by atoms with Crippen molar-refractivity contribution in [3.8, 4) is 5.75 Å². The van der Waals surface area contributed by atoms with E-state index in [1.807, 2.05) is 30.3 Å². The van der Waals surface area contributed by atoms with E-state index < -0.39 is 5.97 Å². The van der Waals surface area contributed by atoms with Crippen molar-refractivity contribution >= 4 is 41.2 Å². The van der Waals surface area contributed by atoms with Crippen molar-refractivity contribution in [2.24, 2.45) is 4.99 Å². The summed E-state index contributed by atoms with van der Waals surface area (Å²) in [6, 6.07) is 11.5. The second-order valence-corrected chi connectivity index (χ2v) is 7.37. The molecule has 0 fully saturated rings. The van der Waals surface area contributed by atoms with Crippen LogP contribution in [0.3, 0.4) is 0 Å². The van der Waals surface area contributed by atoms with Crippen molar-refractivity contribution in [2.45, 2.75) is 26.7 Å². The molecule has 0 spiro atoms. The average Bonchev–Trinajstić information content (AvgIpc) is 3.30. The lowest BCUT2D eigenvalue weighted by Gasteiger charge is -2.08. The molecule has 7 heteroatoms. The van der Waals surface area contributed by atoms with Crippen LogP contribution < -0.4 is 5.32 Å². The van der Waals surface area contributed by atoms with Gasteiger partial charge < -0.3 is 19.6 Å². The number of allylic oxidation sites excluding steroid dienone is 1. The molecule has 0 radical (unpaired) electrons. The summed E-state index contributed by atoms with van der Waals surface area (Å²) in [5.41, 5.74) is 3.39. The molecular weight excluding hydrogens is 394 g/mol. The molecule has 0 unspecified atom stereocenters. The molecule has 0 saturated heterocycles. The van der Waals surface area contributed by atoms with E-state index in [0.717, 1.165) is 16.8 Å². The number of carbonyl (C=O) groups excluding carboxylic acids is 1. The topological polar surface area (TPSA) is 97.0 Å². The molecule has 0 aliphatic carbocycles. The van der Waals surface area contributed by atoms with Crippen molar-refractivity contribution in [1.82, 2.24) is 4.98 Å². The number of ether oxygens (including phenoxy) is 1. The monoisotopic (exact) mass is 417 g/mol. The van der Waals surface area contributed by atoms with Crippen LogP contribution in [0.25, 0.3) is 11.6 Å². The second-order valence-electron chi connectivity index (χ2n) is 7.37. The Labute approximate surface area is 180 Å². The Balaban J connectivity index is 1.72. The van der Waals surface area contributed by atoms with Crippen LogP contribution in [0, 0.1) is 0 Å². The third-order valence-corrected chi connectivity index (χ3v) is 4.93. The summed E-state index contributed by atoms with van der Waals surface area (Å²) < 4.78 is 11.0. The van der Waals surface area contributed by atoms with Gasteiger partial charge in [-0.15, -0.1) is 0 Å². The number of fused-ring (bicyclic) bond motifs is 1. The average molecular weight is 417 g/mol. The highest BCUT2D eigenvalue weighted by Crippen LogP contribution is 2.39. The molecule has 1 aromatic carbocycles. The number of hydrogen-bond acceptors (Lipinski definition) is 7. The lowest BCUT2D eigenvalue weighted by molar-refractivity contribution is 0.0524. The Kier molecular flexibility index (Phi) is 5.58. The molecule has 0 atom stereocenters. The van der Waals surface area contributed by atoms with E-state index in [2.05, 4.69) is 29.1 Å². The van der Waals surface area contributed by atoms with Crippen LogP contribution in [0.2, 0.25) is 0 Å². The first-order valence-electron chi connectivity index (χ1n) is 10.1. The van der Waals surface area contributed by atoms with E-state index in [4.69, 9.17) is 9.15 Å². The van der Waals surface area contributed by atoms with E-state index in [0.29, 0.717) is 11.7 Å². The fraction of sp³-hybridized carbons (Fsp3) is 0.208. The number of furan rings is 1. The van der Waals surface area contributed by atoms with Gasteiger partial charge in [0.25, 0.3) is 0 Å². The number of aromatic nitrogens is 1. The minimum atomic E-state index is -0.670. The summed E-state index contributed by atoms with van der Waals surface area (Å²) in [6.07, 6.45) is 4.93. The van der Waals surface area contributed by atoms with Gasteiger partial charge in [-0.1, -0.05) is 26.0 Å². The molecule has 0 amide bonds. The molecule has 1 aliphatic heterocycles. The maximum atomic E-state index is 12.5. The van der Waals surface area contributed by atoms with E-state index in [-0.39, 0.29) is 29.6 Å². The van der Waals surface area contributed by atoms with Crippen LogP contribution in [0.5, 0.6) is 5.75 Å². The molecule has 4 rings (SSSR count). The number of benzene rings is 1. The lowest BCUT2D eigenvalue weighted by atomic mass is 10.0. The van der Waals surface area contributed by atoms with Gasteiger partial charge in [-0.05, 0) is 48.7 Å². The van der Waals surface area contributed by atoms with Gasteiger partial charge in [0.1, 0.15) is 0 Å². The third kappa shape index (κ3) is 4.07. The van der Waals surface area contributed by atoms with Crippen molar-refractivity contribution in [3.05, 3.63) is 65.0 Å². The fourth-order valence-electron chi connectivity index (χ4n) is 3.28. The number of nitrogens with one attached hydrogen (secondary N) is 1. The Bertz CT molecular complexity index is 1170. The quantitative estimate of drug-likeness (QED) is 0.501. The smallest absolute Gasteiger partial charge is 0.347 e. The van der Waals surface area contributed by atoms with Gasteiger partial charge in [0.2, 0.25) is 5.88 Å². The Hall–Kier alpha value is -3.87. The largest absolute Gasteiger partial charge is 0.504 e. The fourth-order valence-corrected chi connectivity index (χ4v) is 3.28. The molecule has 0 saturated carbocycles. The summed E-state index contributed by atoms with van der Waals surface area (Å²) >= 11 is 0. The first-order valence-corrected chi connectivity index (χ1v) is 10.1. The molecular formula is C24H23N3O4. The molecule has 158 valence electrons. The number of pyridine rings is 1. The normalized spacial score (nSPS) is 13.6. The first kappa shape index (κ1) is 20.4. The highest BCUT2D eigenvalue weighted by molar-refractivity contribution is 6.21. The zero-order valence-corrected chi connectivity index (χ0v) is 17.5. The van der Waals surface area contributed by atoms with Crippen LogP contribution in [0.15, 0.2) is 52.0 Å².